The van der Waals surface area contributed by atoms with Crippen LogP contribution in [0.2, 0.25) is 19.6 Å². The lowest BCUT2D eigenvalue weighted by Gasteiger charge is -2.16. The van der Waals surface area contributed by atoms with Crippen LogP contribution in [0.4, 0.5) is 0 Å². The highest BCUT2D eigenvalue weighted by atomic mass is 28.4. The highest BCUT2D eigenvalue weighted by Gasteiger charge is 2.15. The predicted octanol–water partition coefficient (Wildman–Crippen LogP) is 0.141. The standard InChI is InChI=1S/C9H19NO3Si2/c1-5-8(11)10-7-6-9(12)14-13-15(2,3)4/h5H,1,6-7,14H2,2-4H3,(H,10,11). The van der Waals surface area contributed by atoms with E-state index in [4.69, 9.17) is 4.12 Å². The summed E-state index contributed by atoms with van der Waals surface area (Å²) in [6.45, 7) is 9.89. The van der Waals surface area contributed by atoms with Crippen LogP contribution in [0.3, 0.4) is 0 Å². The molecule has 0 rings (SSSR count). The van der Waals surface area contributed by atoms with Crippen LogP contribution in [0.1, 0.15) is 6.42 Å². The summed E-state index contributed by atoms with van der Waals surface area (Å²) < 4.78 is 5.57. The zero-order valence-corrected chi connectivity index (χ0v) is 12.0. The summed E-state index contributed by atoms with van der Waals surface area (Å²) >= 11 is 0. The second-order valence-corrected chi connectivity index (χ2v) is 10.6. The number of carbonyl (C=O) groups is 2. The topological polar surface area (TPSA) is 55.4 Å². The van der Waals surface area contributed by atoms with Crippen molar-refractivity contribution in [2.24, 2.45) is 0 Å². The summed E-state index contributed by atoms with van der Waals surface area (Å²) in [5.41, 5.74) is 0. The molecule has 0 saturated heterocycles. The van der Waals surface area contributed by atoms with Crippen molar-refractivity contribution >= 4 is 29.4 Å². The van der Waals surface area contributed by atoms with Gasteiger partial charge >= 0.3 is 0 Å². The van der Waals surface area contributed by atoms with Gasteiger partial charge in [-0.25, -0.2) is 0 Å². The summed E-state index contributed by atoms with van der Waals surface area (Å²) in [5.74, 6) is -0.240. The molecule has 0 aliphatic rings. The number of amides is 1. The summed E-state index contributed by atoms with van der Waals surface area (Å²) in [7, 11) is -2.62. The fraction of sp³-hybridized carbons (Fsp3) is 0.556. The molecule has 0 aliphatic heterocycles. The second-order valence-electron chi connectivity index (χ2n) is 4.18. The van der Waals surface area contributed by atoms with Gasteiger partial charge in [-0.3, -0.25) is 4.79 Å². The fourth-order valence-corrected chi connectivity index (χ4v) is 3.46. The van der Waals surface area contributed by atoms with E-state index in [9.17, 15) is 9.59 Å². The highest BCUT2D eigenvalue weighted by molar-refractivity contribution is 6.81. The zero-order chi connectivity index (χ0) is 11.9. The van der Waals surface area contributed by atoms with Crippen LogP contribution in [0.25, 0.3) is 0 Å². The summed E-state index contributed by atoms with van der Waals surface area (Å²) in [5, 5.41) is 2.71. The van der Waals surface area contributed by atoms with E-state index in [1.807, 2.05) is 0 Å². The van der Waals surface area contributed by atoms with E-state index >= 15 is 0 Å². The quantitative estimate of drug-likeness (QED) is 0.513. The minimum absolute atomic E-state index is 0.154. The summed E-state index contributed by atoms with van der Waals surface area (Å²) in [6.07, 6.45) is 1.57. The van der Waals surface area contributed by atoms with Crippen LogP contribution >= 0.6 is 0 Å². The maximum atomic E-state index is 11.3. The molecule has 0 aliphatic carbocycles. The Morgan fingerprint density at radius 2 is 2.07 bits per heavy atom. The minimum Gasteiger partial charge on any atom is -0.455 e. The molecule has 4 nitrogen and oxygen atoms in total. The van der Waals surface area contributed by atoms with Crippen LogP contribution in [-0.4, -0.2) is 35.9 Å². The third-order valence-corrected chi connectivity index (χ3v) is 6.27. The number of hydrogen-bond acceptors (Lipinski definition) is 3. The van der Waals surface area contributed by atoms with Gasteiger partial charge in [0.2, 0.25) is 15.7 Å². The summed E-state index contributed by atoms with van der Waals surface area (Å²) in [6, 6.07) is 0. The maximum Gasteiger partial charge on any atom is 0.243 e. The van der Waals surface area contributed by atoms with E-state index in [0.29, 0.717) is 13.0 Å². The van der Waals surface area contributed by atoms with Crippen molar-refractivity contribution < 1.29 is 13.7 Å². The lowest BCUT2D eigenvalue weighted by atomic mass is 10.4. The first-order valence-electron chi connectivity index (χ1n) is 4.91. The summed E-state index contributed by atoms with van der Waals surface area (Å²) in [4.78, 5) is 22.1. The molecule has 0 aromatic rings. The molecule has 0 spiro atoms. The van der Waals surface area contributed by atoms with Crippen molar-refractivity contribution in [2.75, 3.05) is 6.54 Å². The molecule has 0 aromatic heterocycles. The Bertz CT molecular complexity index is 248. The van der Waals surface area contributed by atoms with Gasteiger partial charge in [-0.05, 0) is 25.7 Å². The average Bonchev–Trinajstić information content (AvgIpc) is 2.13. The van der Waals surface area contributed by atoms with Crippen molar-refractivity contribution in [1.29, 1.82) is 0 Å². The predicted molar refractivity (Wildman–Crippen MR) is 65.8 cm³/mol. The molecule has 0 aromatic carbocycles. The van der Waals surface area contributed by atoms with E-state index in [-0.39, 0.29) is 11.3 Å². The van der Waals surface area contributed by atoms with Crippen molar-refractivity contribution in [1.82, 2.24) is 5.32 Å². The Morgan fingerprint density at radius 1 is 1.47 bits per heavy atom. The molecular weight excluding hydrogens is 226 g/mol. The lowest BCUT2D eigenvalue weighted by Crippen LogP contribution is -2.32. The van der Waals surface area contributed by atoms with Gasteiger partial charge in [-0.1, -0.05) is 6.58 Å². The molecule has 0 fully saturated rings. The molecule has 0 radical (unpaired) electrons. The largest absolute Gasteiger partial charge is 0.455 e. The van der Waals surface area contributed by atoms with Gasteiger partial charge in [0, 0.05) is 13.0 Å². The van der Waals surface area contributed by atoms with Gasteiger partial charge in [-0.15, -0.1) is 0 Å². The first kappa shape index (κ1) is 14.3. The molecule has 0 atom stereocenters. The molecular formula is C9H19NO3Si2. The van der Waals surface area contributed by atoms with E-state index in [1.54, 1.807) is 0 Å². The normalized spacial score (nSPS) is 11.7. The third kappa shape index (κ3) is 9.58. The first-order valence-corrected chi connectivity index (χ1v) is 9.60. The van der Waals surface area contributed by atoms with Crippen molar-refractivity contribution in [3.8, 4) is 0 Å². The van der Waals surface area contributed by atoms with Crippen molar-refractivity contribution in [3.63, 3.8) is 0 Å². The van der Waals surface area contributed by atoms with Gasteiger partial charge < -0.3 is 14.2 Å². The van der Waals surface area contributed by atoms with Gasteiger partial charge in [-0.2, -0.15) is 0 Å². The monoisotopic (exact) mass is 245 g/mol. The third-order valence-electron chi connectivity index (χ3n) is 1.55. The van der Waals surface area contributed by atoms with E-state index in [0.717, 1.165) is 0 Å². The van der Waals surface area contributed by atoms with Crippen LogP contribution in [-0.2, 0) is 13.7 Å². The van der Waals surface area contributed by atoms with E-state index < -0.39 is 18.1 Å². The Labute approximate surface area is 94.2 Å². The number of hydrogen-bond donors (Lipinski definition) is 1. The smallest absolute Gasteiger partial charge is 0.243 e. The van der Waals surface area contributed by atoms with Crippen LogP contribution in [0.5, 0.6) is 0 Å². The maximum absolute atomic E-state index is 11.3. The SMILES string of the molecule is C=CC(=O)NCCC(=O)[SiH2]O[Si](C)(C)C. The van der Waals surface area contributed by atoms with Crippen LogP contribution in [0.15, 0.2) is 12.7 Å². The van der Waals surface area contributed by atoms with Crippen LogP contribution in [0, 0.1) is 0 Å². The molecule has 1 N–H and O–H groups in total. The minimum atomic E-state index is -1.55. The van der Waals surface area contributed by atoms with Gasteiger partial charge in [0.05, 0.1) is 0 Å². The van der Waals surface area contributed by atoms with Crippen molar-refractivity contribution in [3.05, 3.63) is 12.7 Å². The van der Waals surface area contributed by atoms with Crippen molar-refractivity contribution in [2.45, 2.75) is 26.1 Å². The Hall–Kier alpha value is -0.726. The number of carbonyl (C=O) groups excluding carboxylic acids is 2. The molecule has 86 valence electrons. The van der Waals surface area contributed by atoms with Gasteiger partial charge in [0.15, 0.2) is 8.32 Å². The second kappa shape index (κ2) is 6.70. The number of rotatable bonds is 7. The van der Waals surface area contributed by atoms with Gasteiger partial charge in [0.1, 0.15) is 5.41 Å². The van der Waals surface area contributed by atoms with E-state index in [2.05, 4.69) is 31.5 Å². The molecule has 0 heterocycles. The van der Waals surface area contributed by atoms with Gasteiger partial charge in [0.25, 0.3) is 0 Å². The van der Waals surface area contributed by atoms with E-state index in [1.165, 1.54) is 6.08 Å². The Kier molecular flexibility index (Phi) is 6.38. The number of nitrogens with one attached hydrogen (secondary N) is 1. The molecule has 0 unspecified atom stereocenters. The lowest BCUT2D eigenvalue weighted by molar-refractivity contribution is -0.116. The molecule has 6 heteroatoms. The first-order chi connectivity index (χ1) is 6.85. The van der Waals surface area contributed by atoms with Crippen LogP contribution < -0.4 is 5.32 Å². The average molecular weight is 245 g/mol. The molecule has 1 amide bonds. The zero-order valence-electron chi connectivity index (χ0n) is 9.63. The fourth-order valence-electron chi connectivity index (χ4n) is 0.766. The Balaban J connectivity index is 3.59. The Morgan fingerprint density at radius 3 is 2.53 bits per heavy atom. The molecule has 15 heavy (non-hydrogen) atoms. The molecule has 0 saturated carbocycles. The molecule has 0 bridgehead atoms. The highest BCUT2D eigenvalue weighted by Crippen LogP contribution is 2.00.